The van der Waals surface area contributed by atoms with Crippen LogP contribution in [0, 0.1) is 0 Å². The lowest BCUT2D eigenvalue weighted by molar-refractivity contribution is -0.0164. The highest BCUT2D eigenvalue weighted by atomic mass is 79.9. The minimum atomic E-state index is 0.355. The standard InChI is InChI=1S/C10H12BrNO2/c1-12-4-7-3-10-8(2-9(7)11)5-13-6-14-10/h2-3,12H,4-6H2,1H3. The molecule has 0 amide bonds. The maximum atomic E-state index is 5.39. The molecule has 3 nitrogen and oxygen atoms in total. The van der Waals surface area contributed by atoms with Gasteiger partial charge in [0.1, 0.15) is 5.75 Å². The number of benzene rings is 1. The monoisotopic (exact) mass is 257 g/mol. The fraction of sp³-hybridized carbons (Fsp3) is 0.400. The summed E-state index contributed by atoms with van der Waals surface area (Å²) in [6.07, 6.45) is 0. The van der Waals surface area contributed by atoms with Gasteiger partial charge in [0.25, 0.3) is 0 Å². The number of hydrogen-bond donors (Lipinski definition) is 1. The van der Waals surface area contributed by atoms with Gasteiger partial charge in [0, 0.05) is 16.6 Å². The summed E-state index contributed by atoms with van der Waals surface area (Å²) in [4.78, 5) is 0. The number of ether oxygens (including phenoxy) is 2. The number of fused-ring (bicyclic) bond motifs is 1. The Labute approximate surface area is 91.5 Å². The lowest BCUT2D eigenvalue weighted by Crippen LogP contribution is -2.13. The van der Waals surface area contributed by atoms with E-state index in [1.54, 1.807) is 0 Å². The molecule has 0 saturated heterocycles. The molecule has 1 aliphatic heterocycles. The van der Waals surface area contributed by atoms with Crippen LogP contribution in [-0.4, -0.2) is 13.8 Å². The van der Waals surface area contributed by atoms with Crippen molar-refractivity contribution in [3.05, 3.63) is 27.7 Å². The zero-order valence-electron chi connectivity index (χ0n) is 7.97. The van der Waals surface area contributed by atoms with Crippen molar-refractivity contribution in [3.8, 4) is 5.75 Å². The van der Waals surface area contributed by atoms with Gasteiger partial charge in [0.05, 0.1) is 6.61 Å². The van der Waals surface area contributed by atoms with E-state index in [2.05, 4.69) is 33.4 Å². The summed E-state index contributed by atoms with van der Waals surface area (Å²) in [7, 11) is 1.93. The van der Waals surface area contributed by atoms with E-state index in [-0.39, 0.29) is 0 Å². The van der Waals surface area contributed by atoms with Crippen LogP contribution in [0.2, 0.25) is 0 Å². The number of halogens is 1. The van der Waals surface area contributed by atoms with Crippen LogP contribution >= 0.6 is 15.9 Å². The Morgan fingerprint density at radius 2 is 2.36 bits per heavy atom. The fourth-order valence-electron chi connectivity index (χ4n) is 1.47. The Bertz CT molecular complexity index is 341. The molecular weight excluding hydrogens is 246 g/mol. The smallest absolute Gasteiger partial charge is 0.189 e. The van der Waals surface area contributed by atoms with Gasteiger partial charge in [-0.25, -0.2) is 0 Å². The molecule has 0 unspecified atom stereocenters. The number of nitrogens with one attached hydrogen (secondary N) is 1. The molecule has 1 aromatic rings. The second-order valence-electron chi connectivity index (χ2n) is 3.19. The number of hydrogen-bond acceptors (Lipinski definition) is 3. The normalized spacial score (nSPS) is 14.7. The molecule has 0 saturated carbocycles. The molecule has 0 bridgehead atoms. The van der Waals surface area contributed by atoms with E-state index in [0.29, 0.717) is 13.4 Å². The molecule has 2 rings (SSSR count). The van der Waals surface area contributed by atoms with E-state index in [4.69, 9.17) is 9.47 Å². The van der Waals surface area contributed by atoms with Crippen LogP contribution in [0.5, 0.6) is 5.75 Å². The lowest BCUT2D eigenvalue weighted by atomic mass is 10.1. The predicted octanol–water partition coefficient (Wildman–Crippen LogP) is 2.03. The van der Waals surface area contributed by atoms with Gasteiger partial charge < -0.3 is 14.8 Å². The highest BCUT2D eigenvalue weighted by Gasteiger charge is 2.13. The van der Waals surface area contributed by atoms with Crippen molar-refractivity contribution < 1.29 is 9.47 Å². The molecular formula is C10H12BrNO2. The molecule has 1 N–H and O–H groups in total. The van der Waals surface area contributed by atoms with E-state index in [0.717, 1.165) is 22.3 Å². The summed E-state index contributed by atoms with van der Waals surface area (Å²) in [6.45, 7) is 1.82. The van der Waals surface area contributed by atoms with Crippen molar-refractivity contribution in [3.63, 3.8) is 0 Å². The maximum absolute atomic E-state index is 5.39. The second kappa shape index (κ2) is 4.29. The summed E-state index contributed by atoms with van der Waals surface area (Å²) in [5.74, 6) is 0.935. The van der Waals surface area contributed by atoms with Crippen LogP contribution in [0.1, 0.15) is 11.1 Å². The molecule has 0 spiro atoms. The first-order chi connectivity index (χ1) is 6.81. The molecule has 1 aromatic carbocycles. The van der Waals surface area contributed by atoms with Crippen molar-refractivity contribution in [2.24, 2.45) is 0 Å². The third-order valence-electron chi connectivity index (χ3n) is 2.15. The van der Waals surface area contributed by atoms with Gasteiger partial charge in [0.2, 0.25) is 0 Å². The van der Waals surface area contributed by atoms with Crippen molar-refractivity contribution in [2.75, 3.05) is 13.8 Å². The summed E-state index contributed by atoms with van der Waals surface area (Å²) in [5.41, 5.74) is 2.30. The van der Waals surface area contributed by atoms with E-state index in [1.807, 2.05) is 7.05 Å². The first kappa shape index (κ1) is 9.96. The average molecular weight is 258 g/mol. The minimum absolute atomic E-state index is 0.355. The molecule has 0 atom stereocenters. The van der Waals surface area contributed by atoms with Crippen LogP contribution in [0.25, 0.3) is 0 Å². The fourth-order valence-corrected chi connectivity index (χ4v) is 2.00. The van der Waals surface area contributed by atoms with Crippen LogP contribution < -0.4 is 10.1 Å². The van der Waals surface area contributed by atoms with Gasteiger partial charge in [-0.05, 0) is 24.7 Å². The molecule has 14 heavy (non-hydrogen) atoms. The van der Waals surface area contributed by atoms with E-state index >= 15 is 0 Å². The lowest BCUT2D eigenvalue weighted by Gasteiger charge is -2.19. The summed E-state index contributed by atoms with van der Waals surface area (Å²) in [5, 5.41) is 3.11. The van der Waals surface area contributed by atoms with Gasteiger partial charge in [-0.1, -0.05) is 15.9 Å². The van der Waals surface area contributed by atoms with Crippen molar-refractivity contribution in [2.45, 2.75) is 13.2 Å². The zero-order valence-corrected chi connectivity index (χ0v) is 9.56. The molecule has 1 heterocycles. The molecule has 0 fully saturated rings. The summed E-state index contributed by atoms with van der Waals surface area (Å²) >= 11 is 3.53. The summed E-state index contributed by atoms with van der Waals surface area (Å²) in [6, 6.07) is 4.11. The molecule has 4 heteroatoms. The predicted molar refractivity (Wildman–Crippen MR) is 57.2 cm³/mol. The highest BCUT2D eigenvalue weighted by molar-refractivity contribution is 9.10. The average Bonchev–Trinajstić information content (AvgIpc) is 2.19. The van der Waals surface area contributed by atoms with E-state index in [1.165, 1.54) is 5.56 Å². The second-order valence-corrected chi connectivity index (χ2v) is 4.05. The Hall–Kier alpha value is -0.580. The zero-order chi connectivity index (χ0) is 9.97. The van der Waals surface area contributed by atoms with E-state index < -0.39 is 0 Å². The van der Waals surface area contributed by atoms with Crippen LogP contribution in [-0.2, 0) is 17.9 Å². The molecule has 0 radical (unpaired) electrons. The topological polar surface area (TPSA) is 30.5 Å². The Balaban J connectivity index is 2.35. The third-order valence-corrected chi connectivity index (χ3v) is 2.89. The number of rotatable bonds is 2. The van der Waals surface area contributed by atoms with Gasteiger partial charge in [0.15, 0.2) is 6.79 Å². The van der Waals surface area contributed by atoms with E-state index in [9.17, 15) is 0 Å². The Kier molecular flexibility index (Phi) is 3.05. The van der Waals surface area contributed by atoms with Gasteiger partial charge in [-0.2, -0.15) is 0 Å². The minimum Gasteiger partial charge on any atom is -0.467 e. The molecule has 1 aliphatic rings. The largest absolute Gasteiger partial charge is 0.467 e. The van der Waals surface area contributed by atoms with Gasteiger partial charge >= 0.3 is 0 Å². The van der Waals surface area contributed by atoms with Crippen LogP contribution in [0.3, 0.4) is 0 Å². The molecule has 0 aromatic heterocycles. The van der Waals surface area contributed by atoms with Crippen LogP contribution in [0.4, 0.5) is 0 Å². The van der Waals surface area contributed by atoms with Gasteiger partial charge in [-0.3, -0.25) is 0 Å². The highest BCUT2D eigenvalue weighted by Crippen LogP contribution is 2.30. The van der Waals surface area contributed by atoms with Crippen molar-refractivity contribution in [1.82, 2.24) is 5.32 Å². The third kappa shape index (κ3) is 1.92. The molecule has 76 valence electrons. The first-order valence-corrected chi connectivity index (χ1v) is 5.27. The Morgan fingerprint density at radius 3 is 3.14 bits per heavy atom. The SMILES string of the molecule is CNCc1cc2c(cc1Br)COCO2. The summed E-state index contributed by atoms with van der Waals surface area (Å²) < 4.78 is 11.7. The van der Waals surface area contributed by atoms with Crippen molar-refractivity contribution in [1.29, 1.82) is 0 Å². The quantitative estimate of drug-likeness (QED) is 0.880. The Morgan fingerprint density at radius 1 is 1.50 bits per heavy atom. The molecule has 0 aliphatic carbocycles. The van der Waals surface area contributed by atoms with Crippen molar-refractivity contribution >= 4 is 15.9 Å². The van der Waals surface area contributed by atoms with Crippen LogP contribution in [0.15, 0.2) is 16.6 Å². The maximum Gasteiger partial charge on any atom is 0.189 e. The van der Waals surface area contributed by atoms with Gasteiger partial charge in [-0.15, -0.1) is 0 Å². The first-order valence-electron chi connectivity index (χ1n) is 4.47.